The summed E-state index contributed by atoms with van der Waals surface area (Å²) in [6.45, 7) is 1.30. The largest absolute Gasteiger partial charge is 0.297 e. The van der Waals surface area contributed by atoms with Crippen LogP contribution in [0, 0.1) is 6.92 Å². The third-order valence-electron chi connectivity index (χ3n) is 2.82. The second kappa shape index (κ2) is 6.39. The van der Waals surface area contributed by atoms with Gasteiger partial charge in [-0.1, -0.05) is 29.3 Å². The van der Waals surface area contributed by atoms with Gasteiger partial charge in [-0.15, -0.1) is 0 Å². The van der Waals surface area contributed by atoms with E-state index >= 15 is 0 Å². The Balaban J connectivity index is 2.06. The summed E-state index contributed by atoms with van der Waals surface area (Å²) in [6, 6.07) is 12.4. The third-order valence-corrected chi connectivity index (χ3v) is 4.35. The van der Waals surface area contributed by atoms with Crippen molar-refractivity contribution in [2.45, 2.75) is 11.8 Å². The van der Waals surface area contributed by atoms with Crippen LogP contribution in [0.3, 0.4) is 0 Å². The summed E-state index contributed by atoms with van der Waals surface area (Å²) in [7, 11) is -3.94. The van der Waals surface area contributed by atoms with Crippen molar-refractivity contribution in [3.8, 4) is 0 Å². The van der Waals surface area contributed by atoms with Crippen LogP contribution in [0.2, 0.25) is 5.02 Å². The summed E-state index contributed by atoms with van der Waals surface area (Å²) in [5.74, 6) is -0.428. The lowest BCUT2D eigenvalue weighted by Crippen LogP contribution is -2.14. The zero-order valence-electron chi connectivity index (χ0n) is 11.2. The molecule has 6 heteroatoms. The van der Waals surface area contributed by atoms with Gasteiger partial charge in [-0.3, -0.25) is 8.98 Å². The topological polar surface area (TPSA) is 60.4 Å². The maximum Gasteiger partial charge on any atom is 0.297 e. The number of halogens is 1. The van der Waals surface area contributed by atoms with Gasteiger partial charge in [0.15, 0.2) is 5.78 Å². The summed E-state index contributed by atoms with van der Waals surface area (Å²) >= 11 is 5.72. The SMILES string of the molecule is Cc1ccc(S(=O)(=O)OCC(=O)c2ccc(Cl)cc2)cc1. The van der Waals surface area contributed by atoms with E-state index in [9.17, 15) is 13.2 Å². The molecule has 0 aliphatic rings. The number of ketones is 1. The van der Waals surface area contributed by atoms with Crippen LogP contribution in [0.15, 0.2) is 53.4 Å². The fourth-order valence-electron chi connectivity index (χ4n) is 1.62. The molecule has 0 saturated carbocycles. The van der Waals surface area contributed by atoms with Crippen LogP contribution in [0.1, 0.15) is 15.9 Å². The highest BCUT2D eigenvalue weighted by Crippen LogP contribution is 2.15. The van der Waals surface area contributed by atoms with Crippen molar-refractivity contribution in [2.75, 3.05) is 6.61 Å². The van der Waals surface area contributed by atoms with E-state index in [0.717, 1.165) is 5.56 Å². The van der Waals surface area contributed by atoms with Crippen LogP contribution < -0.4 is 0 Å². The third kappa shape index (κ3) is 4.14. The number of carbonyl (C=O) groups is 1. The number of benzene rings is 2. The van der Waals surface area contributed by atoms with Crippen molar-refractivity contribution in [1.29, 1.82) is 0 Å². The lowest BCUT2D eigenvalue weighted by atomic mass is 10.1. The smallest absolute Gasteiger partial charge is 0.291 e. The quantitative estimate of drug-likeness (QED) is 0.625. The number of aryl methyl sites for hydroxylation is 1. The minimum atomic E-state index is -3.94. The lowest BCUT2D eigenvalue weighted by molar-refractivity contribution is 0.0924. The monoisotopic (exact) mass is 324 g/mol. The molecule has 0 spiro atoms. The molecule has 0 saturated heterocycles. The molecule has 2 aromatic rings. The van der Waals surface area contributed by atoms with Crippen molar-refractivity contribution in [3.05, 3.63) is 64.7 Å². The van der Waals surface area contributed by atoms with E-state index in [4.69, 9.17) is 15.8 Å². The van der Waals surface area contributed by atoms with Gasteiger partial charge in [0.05, 0.1) is 4.90 Å². The van der Waals surface area contributed by atoms with Gasteiger partial charge in [-0.2, -0.15) is 8.42 Å². The van der Waals surface area contributed by atoms with E-state index in [1.165, 1.54) is 24.3 Å². The van der Waals surface area contributed by atoms with E-state index in [2.05, 4.69) is 0 Å². The van der Waals surface area contributed by atoms with Gasteiger partial charge in [0.25, 0.3) is 10.1 Å². The summed E-state index contributed by atoms with van der Waals surface area (Å²) in [5.41, 5.74) is 1.28. The first kappa shape index (κ1) is 15.7. The van der Waals surface area contributed by atoms with Gasteiger partial charge in [-0.05, 0) is 43.3 Å². The van der Waals surface area contributed by atoms with E-state index in [1.54, 1.807) is 24.3 Å². The minimum Gasteiger partial charge on any atom is -0.291 e. The van der Waals surface area contributed by atoms with Gasteiger partial charge >= 0.3 is 0 Å². The lowest BCUT2D eigenvalue weighted by Gasteiger charge is -2.05. The van der Waals surface area contributed by atoms with Crippen molar-refractivity contribution in [2.24, 2.45) is 0 Å². The molecule has 2 aromatic carbocycles. The zero-order valence-corrected chi connectivity index (χ0v) is 12.8. The van der Waals surface area contributed by atoms with Gasteiger partial charge < -0.3 is 0 Å². The Labute approximate surface area is 128 Å². The maximum absolute atomic E-state index is 11.9. The van der Waals surface area contributed by atoms with E-state index in [0.29, 0.717) is 10.6 Å². The molecule has 0 atom stereocenters. The highest BCUT2D eigenvalue weighted by molar-refractivity contribution is 7.86. The molecule has 4 nitrogen and oxygen atoms in total. The molecular weight excluding hydrogens is 312 g/mol. The molecular formula is C15H13ClO4S. The van der Waals surface area contributed by atoms with Crippen molar-refractivity contribution >= 4 is 27.5 Å². The maximum atomic E-state index is 11.9. The normalized spacial score (nSPS) is 11.3. The fraction of sp³-hybridized carbons (Fsp3) is 0.133. The second-order valence-electron chi connectivity index (χ2n) is 4.46. The molecule has 0 unspecified atom stereocenters. The molecule has 0 heterocycles. The number of Topliss-reactive ketones (excluding diaryl/α,β-unsaturated/α-hetero) is 1. The van der Waals surface area contributed by atoms with Crippen molar-refractivity contribution in [1.82, 2.24) is 0 Å². The average molecular weight is 325 g/mol. The molecule has 2 rings (SSSR count). The fourth-order valence-corrected chi connectivity index (χ4v) is 2.62. The Morgan fingerprint density at radius 3 is 2.19 bits per heavy atom. The molecule has 0 aromatic heterocycles. The minimum absolute atomic E-state index is 0.0250. The highest BCUT2D eigenvalue weighted by atomic mass is 35.5. The molecule has 0 amide bonds. The molecule has 21 heavy (non-hydrogen) atoms. The predicted molar refractivity (Wildman–Crippen MR) is 80.1 cm³/mol. The zero-order chi connectivity index (χ0) is 15.5. The van der Waals surface area contributed by atoms with E-state index in [1.807, 2.05) is 6.92 Å². The number of rotatable bonds is 5. The Hall–Kier alpha value is -1.69. The second-order valence-corrected chi connectivity index (χ2v) is 6.51. The summed E-state index contributed by atoms with van der Waals surface area (Å²) in [5, 5.41) is 0.500. The van der Waals surface area contributed by atoms with Crippen LogP contribution in [-0.2, 0) is 14.3 Å². The predicted octanol–water partition coefficient (Wildman–Crippen LogP) is 3.24. The summed E-state index contributed by atoms with van der Waals surface area (Å²) in [6.07, 6.45) is 0. The Kier molecular flexibility index (Phi) is 4.77. The Bertz CT molecular complexity index is 734. The molecule has 0 aliphatic carbocycles. The van der Waals surface area contributed by atoms with Crippen molar-refractivity contribution < 1.29 is 17.4 Å². The van der Waals surface area contributed by atoms with Gasteiger partial charge in [0.1, 0.15) is 6.61 Å². The molecule has 0 N–H and O–H groups in total. The molecule has 0 radical (unpaired) electrons. The van der Waals surface area contributed by atoms with Crippen LogP contribution in [0.4, 0.5) is 0 Å². The number of hydrogen-bond donors (Lipinski definition) is 0. The molecule has 0 aliphatic heterocycles. The molecule has 0 bridgehead atoms. The average Bonchev–Trinajstić information content (AvgIpc) is 2.46. The number of hydrogen-bond acceptors (Lipinski definition) is 4. The molecule has 0 fully saturated rings. The first-order valence-electron chi connectivity index (χ1n) is 6.13. The van der Waals surface area contributed by atoms with E-state index in [-0.39, 0.29) is 4.90 Å². The van der Waals surface area contributed by atoms with Crippen LogP contribution >= 0.6 is 11.6 Å². The van der Waals surface area contributed by atoms with Gasteiger partial charge in [-0.25, -0.2) is 0 Å². The van der Waals surface area contributed by atoms with Crippen LogP contribution in [-0.4, -0.2) is 20.8 Å². The van der Waals surface area contributed by atoms with Gasteiger partial charge in [0, 0.05) is 10.6 Å². The summed E-state index contributed by atoms with van der Waals surface area (Å²) in [4.78, 5) is 11.9. The van der Waals surface area contributed by atoms with Crippen LogP contribution in [0.5, 0.6) is 0 Å². The standard InChI is InChI=1S/C15H13ClO4S/c1-11-2-8-14(9-3-11)21(18,19)20-10-15(17)12-4-6-13(16)7-5-12/h2-9H,10H2,1H3. The Morgan fingerprint density at radius 1 is 1.05 bits per heavy atom. The van der Waals surface area contributed by atoms with Crippen molar-refractivity contribution in [3.63, 3.8) is 0 Å². The summed E-state index contributed by atoms with van der Waals surface area (Å²) < 4.78 is 28.7. The Morgan fingerprint density at radius 2 is 1.62 bits per heavy atom. The van der Waals surface area contributed by atoms with E-state index < -0.39 is 22.5 Å². The first-order valence-corrected chi connectivity index (χ1v) is 7.92. The number of carbonyl (C=O) groups excluding carboxylic acids is 1. The highest BCUT2D eigenvalue weighted by Gasteiger charge is 2.17. The molecule has 110 valence electrons. The first-order chi connectivity index (χ1) is 9.88. The van der Waals surface area contributed by atoms with Gasteiger partial charge in [0.2, 0.25) is 0 Å². The van der Waals surface area contributed by atoms with Crippen LogP contribution in [0.25, 0.3) is 0 Å².